The maximum atomic E-state index is 13.1. The number of carbonyl (C=O) groups excluding carboxylic acids is 4. The summed E-state index contributed by atoms with van der Waals surface area (Å²) in [5.74, 6) is -2.28. The molecule has 0 bridgehead atoms. The summed E-state index contributed by atoms with van der Waals surface area (Å²) in [6, 6.07) is 0. The van der Waals surface area contributed by atoms with Gasteiger partial charge in [-0.25, -0.2) is 9.13 Å². The van der Waals surface area contributed by atoms with Crippen molar-refractivity contribution in [3.63, 3.8) is 0 Å². The van der Waals surface area contributed by atoms with Gasteiger partial charge in [-0.3, -0.25) is 37.3 Å². The molecule has 0 heterocycles. The summed E-state index contributed by atoms with van der Waals surface area (Å²) < 4.78 is 68.6. The van der Waals surface area contributed by atoms with Crippen LogP contribution in [0.2, 0.25) is 0 Å². The number of hydrogen-bond donors (Lipinski definition) is 3. The summed E-state index contributed by atoms with van der Waals surface area (Å²) in [5.41, 5.74) is 0. The molecule has 3 N–H and O–H groups in total. The number of unbranched alkanes of at least 4 members (excludes halogenated alkanes) is 30. The highest BCUT2D eigenvalue weighted by atomic mass is 31.2. The lowest BCUT2D eigenvalue weighted by Gasteiger charge is -2.21. The fourth-order valence-electron chi connectivity index (χ4n) is 10.8. The summed E-state index contributed by atoms with van der Waals surface area (Å²) >= 11 is 0. The topological polar surface area (TPSA) is 237 Å². The maximum absolute atomic E-state index is 13.1. The summed E-state index contributed by atoms with van der Waals surface area (Å²) in [4.78, 5) is 73.0. The molecule has 17 nitrogen and oxygen atoms in total. The van der Waals surface area contributed by atoms with E-state index in [9.17, 15) is 43.2 Å². The zero-order valence-electron chi connectivity index (χ0n) is 65.4. The lowest BCUT2D eigenvalue weighted by molar-refractivity contribution is -0.161. The minimum atomic E-state index is -4.99. The third-order valence-electron chi connectivity index (χ3n) is 16.9. The molecule has 0 aliphatic carbocycles. The molecular formula is C85H146O17P2. The second-order valence-electron chi connectivity index (χ2n) is 27.0. The molecule has 598 valence electrons. The Kier molecular flexibility index (Phi) is 73.3. The van der Waals surface area contributed by atoms with Crippen LogP contribution in [0.3, 0.4) is 0 Å². The molecule has 0 spiro atoms. The van der Waals surface area contributed by atoms with Crippen LogP contribution in [-0.2, 0) is 65.4 Å². The quantitative estimate of drug-likeness (QED) is 0.0169. The summed E-state index contributed by atoms with van der Waals surface area (Å²) in [6.45, 7) is 4.57. The average molecular weight is 1500 g/mol. The summed E-state index contributed by atoms with van der Waals surface area (Å²) in [6.07, 6.45) is 84.7. The number of hydrogen-bond acceptors (Lipinski definition) is 15. The number of ether oxygens (including phenoxy) is 4. The van der Waals surface area contributed by atoms with Crippen LogP contribution in [0.5, 0.6) is 0 Å². The van der Waals surface area contributed by atoms with E-state index in [4.69, 9.17) is 37.0 Å². The van der Waals surface area contributed by atoms with Gasteiger partial charge in [-0.15, -0.1) is 0 Å². The van der Waals surface area contributed by atoms with Gasteiger partial charge in [-0.05, 0) is 122 Å². The zero-order chi connectivity index (χ0) is 76.0. The lowest BCUT2D eigenvalue weighted by Crippen LogP contribution is -2.30. The first kappa shape index (κ1) is 99.5. The van der Waals surface area contributed by atoms with Crippen LogP contribution in [0.4, 0.5) is 0 Å². The number of phosphoric acid groups is 2. The van der Waals surface area contributed by atoms with Gasteiger partial charge in [0.15, 0.2) is 12.2 Å². The van der Waals surface area contributed by atoms with Crippen molar-refractivity contribution >= 4 is 39.5 Å². The van der Waals surface area contributed by atoms with Crippen molar-refractivity contribution in [3.8, 4) is 0 Å². The molecular weight excluding hydrogens is 1350 g/mol. The van der Waals surface area contributed by atoms with Gasteiger partial charge in [-0.1, -0.05) is 310 Å². The monoisotopic (exact) mass is 1500 g/mol. The first-order valence-corrected chi connectivity index (χ1v) is 43.8. The molecule has 19 heteroatoms. The van der Waals surface area contributed by atoms with E-state index in [2.05, 4.69) is 131 Å². The normalized spacial score (nSPS) is 14.5. The van der Waals surface area contributed by atoms with E-state index in [1.165, 1.54) is 89.9 Å². The SMILES string of the molecule is CC/C=C\C/C=C\C/C=C\C/C=C\C/C=C\C/C=C\CCC(=O)OCC(COP(=O)(O)OCC(O)COP(=O)(O)OCC(COC(=O)CCCCCCCCC/C=C\C/C=C\C/C=C\CC)OC(=O)CCCCCCC/C=C\CCCCCC)OC(=O)CCCCCCCCCCCCCCCCC. The minimum absolute atomic E-state index is 0.0365. The Morgan fingerprint density at radius 1 is 0.279 bits per heavy atom. The van der Waals surface area contributed by atoms with Crippen molar-refractivity contribution in [2.24, 2.45) is 0 Å². The number of aliphatic hydroxyl groups excluding tert-OH is 1. The second-order valence-corrected chi connectivity index (χ2v) is 29.9. The number of aliphatic hydroxyl groups is 1. The highest BCUT2D eigenvalue weighted by molar-refractivity contribution is 7.47. The highest BCUT2D eigenvalue weighted by Gasteiger charge is 2.30. The van der Waals surface area contributed by atoms with E-state index >= 15 is 0 Å². The Labute approximate surface area is 632 Å². The zero-order valence-corrected chi connectivity index (χ0v) is 67.2. The van der Waals surface area contributed by atoms with Crippen LogP contribution in [0.15, 0.2) is 122 Å². The molecule has 0 amide bonds. The first-order chi connectivity index (χ1) is 50.7. The van der Waals surface area contributed by atoms with E-state index in [0.717, 1.165) is 161 Å². The van der Waals surface area contributed by atoms with Gasteiger partial charge in [0, 0.05) is 25.7 Å². The van der Waals surface area contributed by atoms with Crippen LogP contribution in [0, 0.1) is 0 Å². The largest absolute Gasteiger partial charge is 0.472 e. The predicted molar refractivity (Wildman–Crippen MR) is 427 cm³/mol. The molecule has 0 aliphatic rings. The van der Waals surface area contributed by atoms with Crippen molar-refractivity contribution in [2.75, 3.05) is 39.6 Å². The number of carbonyl (C=O) groups is 4. The fourth-order valence-corrected chi connectivity index (χ4v) is 12.4. The predicted octanol–water partition coefficient (Wildman–Crippen LogP) is 23.9. The average Bonchev–Trinajstić information content (AvgIpc) is 0.911. The third-order valence-corrected chi connectivity index (χ3v) is 18.8. The number of phosphoric ester groups is 2. The van der Waals surface area contributed by atoms with Crippen molar-refractivity contribution < 1.29 is 80.2 Å². The van der Waals surface area contributed by atoms with Gasteiger partial charge in [0.1, 0.15) is 19.3 Å². The van der Waals surface area contributed by atoms with Crippen molar-refractivity contribution in [2.45, 2.75) is 354 Å². The second kappa shape index (κ2) is 76.6. The number of allylic oxidation sites excluding steroid dienone is 20. The van der Waals surface area contributed by atoms with Crippen LogP contribution in [0.1, 0.15) is 336 Å². The molecule has 0 fully saturated rings. The summed E-state index contributed by atoms with van der Waals surface area (Å²) in [7, 11) is -9.98. The van der Waals surface area contributed by atoms with Crippen molar-refractivity contribution in [1.82, 2.24) is 0 Å². The molecule has 0 rings (SSSR count). The molecule has 5 atom stereocenters. The van der Waals surface area contributed by atoms with Crippen molar-refractivity contribution in [1.29, 1.82) is 0 Å². The van der Waals surface area contributed by atoms with Crippen LogP contribution >= 0.6 is 15.6 Å². The molecule has 5 unspecified atom stereocenters. The standard InChI is InChI=1S/C85H146O17P2/c1-5-9-13-17-21-25-29-33-36-38-39-41-44-47-50-54-58-62-66-70-83(88)96-76-81(102-85(90)72-68-64-60-56-52-48-42-35-31-27-23-19-15-11-7-3)78-100-104(93,94)98-74-79(86)73-97-103(91,92)99-77-80(101-84(89)71-67-63-59-55-51-45-32-28-24-20-16-12-8-4)75-95-82(87)69-65-61-57-53-49-46-43-40-37-34-30-26-22-18-14-10-6-2/h9-10,13-14,21-22,25-26,28,32-34,36-37,39,41,47,50,58,62,79-81,86H,5-8,11-12,15-20,23-24,27,29-31,35,38,40,42-46,48-49,51-57,59-61,63-78H2,1-4H3,(H,91,92)(H,93,94)/b13-9-,14-10-,25-21-,26-22-,32-28-,36-33-,37-34-,41-39-,50-47-,62-58-. The van der Waals surface area contributed by atoms with Crippen LogP contribution in [0.25, 0.3) is 0 Å². The molecule has 0 aromatic carbocycles. The Morgan fingerprint density at radius 2 is 0.519 bits per heavy atom. The lowest BCUT2D eigenvalue weighted by atomic mass is 10.0. The number of esters is 4. The molecule has 0 aliphatic heterocycles. The highest BCUT2D eigenvalue weighted by Crippen LogP contribution is 2.45. The maximum Gasteiger partial charge on any atom is 0.472 e. The molecule has 104 heavy (non-hydrogen) atoms. The van der Waals surface area contributed by atoms with E-state index in [1.807, 2.05) is 18.2 Å². The third kappa shape index (κ3) is 75.7. The van der Waals surface area contributed by atoms with Crippen molar-refractivity contribution in [3.05, 3.63) is 122 Å². The molecule has 0 saturated heterocycles. The summed E-state index contributed by atoms with van der Waals surface area (Å²) in [5, 5.41) is 10.6. The van der Waals surface area contributed by atoms with Crippen LogP contribution < -0.4 is 0 Å². The van der Waals surface area contributed by atoms with E-state index in [1.54, 1.807) is 0 Å². The Balaban J connectivity index is 5.41. The fraction of sp³-hybridized carbons (Fsp3) is 0.718. The molecule has 0 radical (unpaired) electrons. The minimum Gasteiger partial charge on any atom is -0.462 e. The van der Waals surface area contributed by atoms with Gasteiger partial charge in [0.05, 0.1) is 26.4 Å². The van der Waals surface area contributed by atoms with Gasteiger partial charge < -0.3 is 33.8 Å². The van der Waals surface area contributed by atoms with Gasteiger partial charge >= 0.3 is 39.5 Å². The molecule has 0 aromatic rings. The molecule has 0 aromatic heterocycles. The van der Waals surface area contributed by atoms with E-state index in [-0.39, 0.29) is 25.7 Å². The Morgan fingerprint density at radius 3 is 0.846 bits per heavy atom. The van der Waals surface area contributed by atoms with Gasteiger partial charge in [-0.2, -0.15) is 0 Å². The Hall–Kier alpha value is -4.54. The Bertz CT molecular complexity index is 2440. The van der Waals surface area contributed by atoms with E-state index < -0.39 is 97.5 Å². The smallest absolute Gasteiger partial charge is 0.462 e. The van der Waals surface area contributed by atoms with Gasteiger partial charge in [0.2, 0.25) is 0 Å². The van der Waals surface area contributed by atoms with Gasteiger partial charge in [0.25, 0.3) is 0 Å². The van der Waals surface area contributed by atoms with Crippen LogP contribution in [-0.4, -0.2) is 96.7 Å². The first-order valence-electron chi connectivity index (χ1n) is 40.8. The number of rotatable bonds is 76. The van der Waals surface area contributed by atoms with E-state index in [0.29, 0.717) is 32.1 Å². The molecule has 0 saturated carbocycles.